The monoisotopic (exact) mass is 691 g/mol. The van der Waals surface area contributed by atoms with Gasteiger partial charge in [-0.05, 0) is 43.4 Å². The highest BCUT2D eigenvalue weighted by molar-refractivity contribution is 6.34. The van der Waals surface area contributed by atoms with Crippen LogP contribution in [0.5, 0.6) is 0 Å². The Hall–Kier alpha value is -4.03. The minimum atomic E-state index is -1.50. The van der Waals surface area contributed by atoms with E-state index in [1.54, 1.807) is 47.4 Å². The Labute approximate surface area is 290 Å². The zero-order valence-electron chi connectivity index (χ0n) is 27.6. The van der Waals surface area contributed by atoms with Crippen LogP contribution >= 0.6 is 11.6 Å². The van der Waals surface area contributed by atoms with Crippen LogP contribution in [0.3, 0.4) is 0 Å². The summed E-state index contributed by atoms with van der Waals surface area (Å²) in [5.41, 5.74) is 0.475. The normalized spacial score (nSPS) is 30.8. The lowest BCUT2D eigenvalue weighted by Crippen LogP contribution is -2.55. The zero-order valence-corrected chi connectivity index (χ0v) is 28.4. The number of aryl methyl sites for hydroxylation is 1. The Morgan fingerprint density at radius 3 is 2.57 bits per heavy atom. The topological polar surface area (TPSA) is 135 Å². The average molecular weight is 692 g/mol. The Morgan fingerprint density at radius 1 is 1.04 bits per heavy atom. The second-order valence-corrected chi connectivity index (χ2v) is 13.3. The minimum absolute atomic E-state index is 0.0700. The summed E-state index contributed by atoms with van der Waals surface area (Å²) in [4.78, 5) is 60.1. The Balaban J connectivity index is 1.45. The van der Waals surface area contributed by atoms with Crippen molar-refractivity contribution in [3.63, 3.8) is 0 Å². The van der Waals surface area contributed by atoms with Crippen LogP contribution in [0, 0.1) is 18.8 Å². The number of cyclic esters (lactones) is 1. The third kappa shape index (κ3) is 6.52. The molecule has 2 saturated heterocycles. The molecule has 2 aromatic rings. The Morgan fingerprint density at radius 2 is 1.84 bits per heavy atom. The molecule has 2 N–H and O–H groups in total. The van der Waals surface area contributed by atoms with Crippen molar-refractivity contribution in [1.82, 2.24) is 10.2 Å². The van der Waals surface area contributed by atoms with Crippen molar-refractivity contribution in [2.24, 2.45) is 11.8 Å². The number of fused-ring (bicyclic) bond motifs is 2. The number of aliphatic hydroxyl groups excluding tert-OH is 1. The molecular weight excluding hydrogens is 650 g/mol. The first-order chi connectivity index (χ1) is 23.7. The predicted molar refractivity (Wildman–Crippen MR) is 182 cm³/mol. The smallest absolute Gasteiger partial charge is 0.313 e. The van der Waals surface area contributed by atoms with E-state index in [-0.39, 0.29) is 44.5 Å². The molecule has 49 heavy (non-hydrogen) atoms. The summed E-state index contributed by atoms with van der Waals surface area (Å²) < 4.78 is 18.6. The Kier molecular flexibility index (Phi) is 10.5. The van der Waals surface area contributed by atoms with Gasteiger partial charge >= 0.3 is 5.97 Å². The van der Waals surface area contributed by atoms with Gasteiger partial charge in [-0.3, -0.25) is 19.2 Å². The highest BCUT2D eigenvalue weighted by Gasteiger charge is 2.72. The standard InChI is InChI=1S/C37H42ClN3O8/c1-23-12-10-15-25(38)31(23)40-20-11-18-37-30(34(44)41(19-8-9-21-42)33(37)35(40)45)29-27(49-37)16-6-7-17-28(43)39-26(22-47-2)32(48-36(29)46)24-13-4-3-5-14-24/h3-6,10-16,18,26-27,29-30,32-33,42H,7-9,17,19-22H2,1-2H3,(H,39,43)/b16-6-/t26-,27-,29+,30+,32-,33-,37+/m1/s1. The lowest BCUT2D eigenvalue weighted by molar-refractivity contribution is -0.162. The summed E-state index contributed by atoms with van der Waals surface area (Å²) in [5.74, 6) is -3.89. The van der Waals surface area contributed by atoms with Crippen LogP contribution < -0.4 is 10.2 Å². The van der Waals surface area contributed by atoms with E-state index < -0.39 is 53.6 Å². The van der Waals surface area contributed by atoms with Crippen molar-refractivity contribution < 1.29 is 38.5 Å². The summed E-state index contributed by atoms with van der Waals surface area (Å²) in [6.45, 7) is 2.22. The highest BCUT2D eigenvalue weighted by Crippen LogP contribution is 2.54. The van der Waals surface area contributed by atoms with Crippen LogP contribution in [0.1, 0.15) is 42.9 Å². The average Bonchev–Trinajstić information content (AvgIpc) is 3.47. The fourth-order valence-electron chi connectivity index (χ4n) is 7.69. The van der Waals surface area contributed by atoms with Crippen molar-refractivity contribution >= 4 is 41.0 Å². The third-order valence-electron chi connectivity index (χ3n) is 9.82. The van der Waals surface area contributed by atoms with Crippen LogP contribution in [-0.2, 0) is 33.4 Å². The SMILES string of the molecule is COC[C@H]1NC(=O)CC/C=C\[C@H]2O[C@]34C=CCN(c5c(C)cccc5Cl)C(=O)[C@H]3N(CCCCO)C(=O)[C@@H]4[C@H]2C(=O)O[C@@H]1c1ccccc1. The number of hydrogen-bond donors (Lipinski definition) is 2. The minimum Gasteiger partial charge on any atom is -0.455 e. The molecule has 4 aliphatic rings. The van der Waals surface area contributed by atoms with Crippen molar-refractivity contribution in [1.29, 1.82) is 0 Å². The molecule has 260 valence electrons. The predicted octanol–water partition coefficient (Wildman–Crippen LogP) is 3.67. The Bertz CT molecular complexity index is 1610. The van der Waals surface area contributed by atoms with Crippen LogP contribution in [0.15, 0.2) is 72.8 Å². The van der Waals surface area contributed by atoms with Gasteiger partial charge in [-0.25, -0.2) is 0 Å². The van der Waals surface area contributed by atoms with E-state index >= 15 is 0 Å². The fourth-order valence-corrected chi connectivity index (χ4v) is 8.01. The molecule has 11 nitrogen and oxygen atoms in total. The molecule has 0 aliphatic carbocycles. The summed E-state index contributed by atoms with van der Waals surface area (Å²) in [6, 6.07) is 12.6. The van der Waals surface area contributed by atoms with Gasteiger partial charge < -0.3 is 34.4 Å². The van der Waals surface area contributed by atoms with Crippen LogP contribution in [0.2, 0.25) is 5.02 Å². The molecule has 4 aliphatic heterocycles. The number of halogens is 1. The number of esters is 1. The molecule has 4 heterocycles. The summed E-state index contributed by atoms with van der Waals surface area (Å²) in [5, 5.41) is 12.9. The fraction of sp³-hybridized carbons (Fsp3) is 0.459. The lowest BCUT2D eigenvalue weighted by atomic mass is 9.77. The number of benzene rings is 2. The number of aliphatic hydroxyl groups is 1. The number of anilines is 1. The number of nitrogens with one attached hydrogen (secondary N) is 1. The molecule has 6 rings (SSSR count). The number of para-hydroxylation sites is 1. The maximum Gasteiger partial charge on any atom is 0.313 e. The number of allylic oxidation sites excluding steroid dienone is 1. The molecule has 1 spiro atoms. The van der Waals surface area contributed by atoms with Crippen molar-refractivity contribution in [2.45, 2.75) is 62.5 Å². The van der Waals surface area contributed by atoms with Gasteiger partial charge in [0.25, 0.3) is 5.91 Å². The summed E-state index contributed by atoms with van der Waals surface area (Å²) in [7, 11) is 1.50. The molecule has 2 fully saturated rings. The molecule has 2 aromatic carbocycles. The number of likely N-dealkylation sites (tertiary alicyclic amines) is 1. The van der Waals surface area contributed by atoms with E-state index in [9.17, 15) is 24.3 Å². The van der Waals surface area contributed by atoms with Crippen LogP contribution in [-0.4, -0.2) is 90.9 Å². The number of nitrogens with zero attached hydrogens (tertiary/aromatic N) is 2. The van der Waals surface area contributed by atoms with Gasteiger partial charge in [-0.1, -0.05) is 78.4 Å². The quantitative estimate of drug-likeness (QED) is 0.243. The summed E-state index contributed by atoms with van der Waals surface area (Å²) in [6.07, 6.45) is 6.57. The van der Waals surface area contributed by atoms with Gasteiger partial charge in [0.1, 0.15) is 23.7 Å². The maximum atomic E-state index is 14.8. The van der Waals surface area contributed by atoms with Crippen molar-refractivity contribution in [3.05, 3.63) is 89.0 Å². The van der Waals surface area contributed by atoms with Crippen LogP contribution in [0.4, 0.5) is 5.69 Å². The summed E-state index contributed by atoms with van der Waals surface area (Å²) >= 11 is 6.66. The first kappa shape index (κ1) is 34.8. The zero-order chi connectivity index (χ0) is 34.7. The van der Waals surface area contributed by atoms with E-state index in [2.05, 4.69) is 5.32 Å². The van der Waals surface area contributed by atoms with Crippen molar-refractivity contribution in [2.75, 3.05) is 38.3 Å². The molecule has 0 bridgehead atoms. The van der Waals surface area contributed by atoms with E-state index in [1.807, 2.05) is 37.3 Å². The van der Waals surface area contributed by atoms with E-state index in [0.717, 1.165) is 5.56 Å². The number of hydrogen-bond acceptors (Lipinski definition) is 8. The van der Waals surface area contributed by atoms with Gasteiger partial charge in [-0.15, -0.1) is 0 Å². The molecule has 0 radical (unpaired) electrons. The lowest BCUT2D eigenvalue weighted by Gasteiger charge is -2.36. The third-order valence-corrected chi connectivity index (χ3v) is 10.1. The molecular formula is C37H42ClN3O8. The number of carbonyl (C=O) groups excluding carboxylic acids is 4. The molecule has 0 aromatic heterocycles. The first-order valence-corrected chi connectivity index (χ1v) is 17.1. The number of amides is 3. The largest absolute Gasteiger partial charge is 0.455 e. The molecule has 0 saturated carbocycles. The highest BCUT2D eigenvalue weighted by atomic mass is 35.5. The maximum absolute atomic E-state index is 14.8. The van der Waals surface area contributed by atoms with Gasteiger partial charge in [0, 0.05) is 33.2 Å². The van der Waals surface area contributed by atoms with E-state index in [1.165, 1.54) is 12.0 Å². The first-order valence-electron chi connectivity index (χ1n) is 16.8. The van der Waals surface area contributed by atoms with Crippen molar-refractivity contribution in [3.8, 4) is 0 Å². The van der Waals surface area contributed by atoms with E-state index in [0.29, 0.717) is 35.5 Å². The van der Waals surface area contributed by atoms with E-state index in [4.69, 9.17) is 25.8 Å². The van der Waals surface area contributed by atoms with Gasteiger partial charge in [-0.2, -0.15) is 0 Å². The second kappa shape index (κ2) is 14.8. The second-order valence-electron chi connectivity index (χ2n) is 12.9. The van der Waals surface area contributed by atoms with Gasteiger partial charge in [0.05, 0.1) is 35.4 Å². The molecule has 3 amide bonds. The van der Waals surface area contributed by atoms with Crippen LogP contribution in [0.25, 0.3) is 0 Å². The number of unbranched alkanes of at least 4 members (excludes halogenated alkanes) is 1. The number of rotatable bonds is 8. The van der Waals surface area contributed by atoms with Gasteiger partial charge in [0.2, 0.25) is 11.8 Å². The molecule has 12 heteroatoms. The number of ether oxygens (including phenoxy) is 3. The molecule has 0 unspecified atom stereocenters. The number of methoxy groups -OCH3 is 1. The molecule has 7 atom stereocenters. The van der Waals surface area contributed by atoms with Gasteiger partial charge in [0.15, 0.2) is 0 Å². The number of carbonyl (C=O) groups is 4.